The van der Waals surface area contributed by atoms with Crippen LogP contribution in [0.15, 0.2) is 40.4 Å². The number of pyridine rings is 1. The van der Waals surface area contributed by atoms with Gasteiger partial charge in [-0.15, -0.1) is 0 Å². The maximum absolute atomic E-state index is 11.4. The van der Waals surface area contributed by atoms with Gasteiger partial charge in [-0.2, -0.15) is 10.1 Å². The van der Waals surface area contributed by atoms with Crippen molar-refractivity contribution in [1.82, 2.24) is 29.0 Å². The van der Waals surface area contributed by atoms with Gasteiger partial charge in [0.25, 0.3) is 0 Å². The van der Waals surface area contributed by atoms with Gasteiger partial charge in [0.05, 0.1) is 11.1 Å². The highest BCUT2D eigenvalue weighted by Crippen LogP contribution is 2.26. The first-order valence-corrected chi connectivity index (χ1v) is 8.97. The van der Waals surface area contributed by atoms with Crippen molar-refractivity contribution in [2.24, 2.45) is 7.05 Å². The van der Waals surface area contributed by atoms with Gasteiger partial charge in [-0.1, -0.05) is 0 Å². The van der Waals surface area contributed by atoms with Crippen LogP contribution in [0.3, 0.4) is 0 Å². The van der Waals surface area contributed by atoms with E-state index in [2.05, 4.69) is 29.7 Å². The quantitative estimate of drug-likeness (QED) is 0.686. The Bertz CT molecular complexity index is 929. The van der Waals surface area contributed by atoms with Crippen LogP contribution in [-0.4, -0.2) is 48.2 Å². The van der Waals surface area contributed by atoms with Crippen molar-refractivity contribution in [1.29, 1.82) is 0 Å². The first-order chi connectivity index (χ1) is 12.2. The molecule has 3 aromatic rings. The first-order valence-electron chi connectivity index (χ1n) is 8.20. The third-order valence-electron chi connectivity index (χ3n) is 4.18. The van der Waals surface area contributed by atoms with Gasteiger partial charge in [-0.05, 0) is 30.9 Å². The zero-order valence-electron chi connectivity index (χ0n) is 13.8. The third kappa shape index (κ3) is 3.83. The molecular formula is C16H19N7OS. The van der Waals surface area contributed by atoms with Crippen molar-refractivity contribution in [2.75, 3.05) is 18.4 Å². The fourth-order valence-corrected chi connectivity index (χ4v) is 3.86. The molecule has 0 saturated carbocycles. The maximum atomic E-state index is 11.4. The van der Waals surface area contributed by atoms with Crippen LogP contribution in [0.5, 0.6) is 0 Å². The van der Waals surface area contributed by atoms with Crippen molar-refractivity contribution in [2.45, 2.75) is 23.8 Å². The molecule has 4 rings (SSSR count). The highest BCUT2D eigenvalue weighted by atomic mass is 32.2. The molecule has 0 amide bonds. The molecule has 1 aliphatic heterocycles. The molecule has 1 saturated heterocycles. The molecule has 8 nitrogen and oxygen atoms in total. The monoisotopic (exact) mass is 357 g/mol. The molecule has 0 bridgehead atoms. The Morgan fingerprint density at radius 1 is 1.28 bits per heavy atom. The molecular weight excluding hydrogens is 338 g/mol. The number of H-pyrrole nitrogens is 1. The number of aromatic amines is 1. The van der Waals surface area contributed by atoms with Crippen LogP contribution >= 0.6 is 11.9 Å². The molecule has 0 aliphatic carbocycles. The molecule has 1 fully saturated rings. The number of hydrogen-bond donors (Lipinski definition) is 2. The standard InChI is InChI=1S/C16H19N7OS/c1-22-10-13(9-18-22)25-23-6-4-12(5-7-23)19-16-17-8-11-2-3-14(24)20-15(11)21-16/h2-3,8-10,12H,4-7H2,1H3,(H2,17,19,20,21,24). The molecule has 130 valence electrons. The molecule has 0 aromatic carbocycles. The summed E-state index contributed by atoms with van der Waals surface area (Å²) in [5, 5.41) is 8.41. The average Bonchev–Trinajstić information content (AvgIpc) is 3.01. The highest BCUT2D eigenvalue weighted by molar-refractivity contribution is 7.97. The zero-order valence-corrected chi connectivity index (χ0v) is 14.7. The largest absolute Gasteiger partial charge is 0.351 e. The lowest BCUT2D eigenvalue weighted by Gasteiger charge is -2.31. The van der Waals surface area contributed by atoms with Gasteiger partial charge >= 0.3 is 0 Å². The predicted octanol–water partition coefficient (Wildman–Crippen LogP) is 1.64. The number of nitrogens with zero attached hydrogens (tertiary/aromatic N) is 5. The summed E-state index contributed by atoms with van der Waals surface area (Å²) in [6.45, 7) is 1.98. The van der Waals surface area contributed by atoms with Gasteiger partial charge in [0.2, 0.25) is 11.5 Å². The molecule has 1 aliphatic rings. The molecule has 9 heteroatoms. The molecule has 0 unspecified atom stereocenters. The van der Waals surface area contributed by atoms with Crippen LogP contribution in [0.1, 0.15) is 12.8 Å². The minimum atomic E-state index is -0.155. The van der Waals surface area contributed by atoms with Crippen molar-refractivity contribution < 1.29 is 0 Å². The van der Waals surface area contributed by atoms with Gasteiger partial charge in [0.15, 0.2) is 0 Å². The van der Waals surface area contributed by atoms with Crippen molar-refractivity contribution in [3.05, 3.63) is 41.1 Å². The van der Waals surface area contributed by atoms with E-state index in [-0.39, 0.29) is 5.56 Å². The summed E-state index contributed by atoms with van der Waals surface area (Å²) in [6.07, 6.45) is 7.67. The lowest BCUT2D eigenvalue weighted by Crippen LogP contribution is -2.35. The molecule has 0 spiro atoms. The minimum absolute atomic E-state index is 0.155. The van der Waals surface area contributed by atoms with Gasteiger partial charge in [-0.3, -0.25) is 9.48 Å². The van der Waals surface area contributed by atoms with Gasteiger partial charge in [-0.25, -0.2) is 9.29 Å². The summed E-state index contributed by atoms with van der Waals surface area (Å²) in [7, 11) is 1.93. The second kappa shape index (κ2) is 6.85. The van der Waals surface area contributed by atoms with Crippen LogP contribution in [-0.2, 0) is 7.05 Å². The second-order valence-corrected chi connectivity index (χ2v) is 7.28. The molecule has 4 heterocycles. The Morgan fingerprint density at radius 3 is 2.88 bits per heavy atom. The van der Waals surface area contributed by atoms with E-state index in [1.165, 1.54) is 6.07 Å². The predicted molar refractivity (Wildman–Crippen MR) is 97.4 cm³/mol. The van der Waals surface area contributed by atoms with Crippen LogP contribution < -0.4 is 10.9 Å². The summed E-state index contributed by atoms with van der Waals surface area (Å²) in [4.78, 5) is 24.1. The SMILES string of the molecule is Cn1cc(SN2CCC(Nc3ncc4ccc(=O)[nH]c4n3)CC2)cn1. The van der Waals surface area contributed by atoms with E-state index in [1.54, 1.807) is 24.2 Å². The number of nitrogens with one attached hydrogen (secondary N) is 2. The first kappa shape index (κ1) is 16.1. The van der Waals surface area contributed by atoms with Crippen LogP contribution in [0.25, 0.3) is 11.0 Å². The summed E-state index contributed by atoms with van der Waals surface area (Å²) >= 11 is 1.75. The number of anilines is 1. The van der Waals surface area contributed by atoms with Crippen LogP contribution in [0.2, 0.25) is 0 Å². The fourth-order valence-electron chi connectivity index (χ4n) is 2.88. The van der Waals surface area contributed by atoms with Crippen LogP contribution in [0, 0.1) is 0 Å². The van der Waals surface area contributed by atoms with E-state index >= 15 is 0 Å². The Balaban J connectivity index is 1.36. The fraction of sp³-hybridized carbons (Fsp3) is 0.375. The lowest BCUT2D eigenvalue weighted by molar-refractivity contribution is 0.357. The molecule has 0 atom stereocenters. The topological polar surface area (TPSA) is 91.7 Å². The third-order valence-corrected chi connectivity index (χ3v) is 5.22. The van der Waals surface area contributed by atoms with Gasteiger partial charge < -0.3 is 10.3 Å². The number of rotatable bonds is 4. The van der Waals surface area contributed by atoms with Crippen molar-refractivity contribution in [3.63, 3.8) is 0 Å². The molecule has 3 aromatic heterocycles. The molecule has 25 heavy (non-hydrogen) atoms. The Hall–Kier alpha value is -2.39. The lowest BCUT2D eigenvalue weighted by atomic mass is 10.1. The number of fused-ring (bicyclic) bond motifs is 1. The Morgan fingerprint density at radius 2 is 2.12 bits per heavy atom. The summed E-state index contributed by atoms with van der Waals surface area (Å²) < 4.78 is 4.17. The maximum Gasteiger partial charge on any atom is 0.249 e. The number of hydrogen-bond acceptors (Lipinski definition) is 7. The van der Waals surface area contributed by atoms with Crippen LogP contribution in [0.4, 0.5) is 5.95 Å². The number of aromatic nitrogens is 5. The summed E-state index contributed by atoms with van der Waals surface area (Å²) in [5.74, 6) is 0.563. The Labute approximate surface area is 148 Å². The normalized spacial score (nSPS) is 16.4. The van der Waals surface area contributed by atoms with E-state index in [4.69, 9.17) is 0 Å². The summed E-state index contributed by atoms with van der Waals surface area (Å²) in [6, 6.07) is 3.54. The van der Waals surface area contributed by atoms with Crippen molar-refractivity contribution >= 4 is 28.9 Å². The van der Waals surface area contributed by atoms with E-state index in [0.29, 0.717) is 17.6 Å². The van der Waals surface area contributed by atoms with E-state index in [0.717, 1.165) is 36.2 Å². The highest BCUT2D eigenvalue weighted by Gasteiger charge is 2.21. The second-order valence-electron chi connectivity index (χ2n) is 6.11. The average molecular weight is 357 g/mol. The van der Waals surface area contributed by atoms with E-state index < -0.39 is 0 Å². The van der Waals surface area contributed by atoms with E-state index in [1.807, 2.05) is 24.1 Å². The molecule has 2 N–H and O–H groups in total. The summed E-state index contributed by atoms with van der Waals surface area (Å²) in [5.41, 5.74) is 0.410. The minimum Gasteiger partial charge on any atom is -0.351 e. The van der Waals surface area contributed by atoms with Gasteiger partial charge in [0.1, 0.15) is 5.65 Å². The smallest absolute Gasteiger partial charge is 0.249 e. The van der Waals surface area contributed by atoms with Gasteiger partial charge in [0, 0.05) is 50.0 Å². The molecule has 0 radical (unpaired) electrons. The number of piperidine rings is 1. The Kier molecular flexibility index (Phi) is 4.41. The van der Waals surface area contributed by atoms with E-state index in [9.17, 15) is 4.79 Å². The van der Waals surface area contributed by atoms with Crippen molar-refractivity contribution in [3.8, 4) is 0 Å². The number of aryl methyl sites for hydroxylation is 1. The zero-order chi connectivity index (χ0) is 17.2.